The molecule has 2 unspecified atom stereocenters. The summed E-state index contributed by atoms with van der Waals surface area (Å²) in [4.78, 5) is 11.7. The molecule has 21 heavy (non-hydrogen) atoms. The van der Waals surface area contributed by atoms with Crippen LogP contribution in [0.1, 0.15) is 49.6 Å². The zero-order valence-corrected chi connectivity index (χ0v) is 13.6. The average molecular weight is 293 g/mol. The minimum absolute atomic E-state index is 0.175. The third kappa shape index (κ3) is 2.71. The van der Waals surface area contributed by atoms with Crippen LogP contribution in [0.5, 0.6) is 0 Å². The van der Waals surface area contributed by atoms with Gasteiger partial charge in [-0.15, -0.1) is 0 Å². The molecule has 1 aromatic heterocycles. The van der Waals surface area contributed by atoms with Crippen LogP contribution >= 0.6 is 0 Å². The summed E-state index contributed by atoms with van der Waals surface area (Å²) in [6.07, 6.45) is 4.54. The lowest BCUT2D eigenvalue weighted by Crippen LogP contribution is -2.53. The van der Waals surface area contributed by atoms with Crippen molar-refractivity contribution in [2.75, 3.05) is 7.05 Å². The number of hydrogen-bond donors (Lipinski definition) is 2. The summed E-state index contributed by atoms with van der Waals surface area (Å²) in [5.74, 6) is -0.538. The third-order valence-electron chi connectivity index (χ3n) is 5.22. The first kappa shape index (κ1) is 16.0. The average Bonchev–Trinajstić information content (AvgIpc) is 2.98. The minimum atomic E-state index is -0.746. The van der Waals surface area contributed by atoms with Gasteiger partial charge in [0.05, 0.1) is 5.69 Å². The fourth-order valence-electron chi connectivity index (χ4n) is 3.93. The highest BCUT2D eigenvalue weighted by Gasteiger charge is 2.47. The smallest absolute Gasteiger partial charge is 0.324 e. The number of aryl methyl sites for hydroxylation is 2. The quantitative estimate of drug-likeness (QED) is 0.844. The number of carbonyl (C=O) groups is 1. The van der Waals surface area contributed by atoms with Gasteiger partial charge in [-0.05, 0) is 58.1 Å². The molecule has 118 valence electrons. The van der Waals surface area contributed by atoms with E-state index >= 15 is 0 Å². The van der Waals surface area contributed by atoms with E-state index in [0.29, 0.717) is 0 Å². The van der Waals surface area contributed by atoms with Crippen molar-refractivity contribution in [2.24, 2.45) is 5.92 Å². The molecule has 0 aromatic carbocycles. The Labute approximate surface area is 126 Å². The molecule has 1 aromatic rings. The van der Waals surface area contributed by atoms with E-state index in [9.17, 15) is 9.90 Å². The molecule has 1 heterocycles. The Bertz CT molecular complexity index is 524. The summed E-state index contributed by atoms with van der Waals surface area (Å²) < 4.78 is 2.05. The Balaban J connectivity index is 2.11. The molecule has 2 rings (SSSR count). The van der Waals surface area contributed by atoms with Crippen molar-refractivity contribution < 1.29 is 9.90 Å². The zero-order valence-electron chi connectivity index (χ0n) is 13.6. The number of carboxylic acids is 1. The molecule has 1 aliphatic rings. The maximum atomic E-state index is 11.7. The number of aromatic nitrogens is 2. The lowest BCUT2D eigenvalue weighted by atomic mass is 9.85. The fourth-order valence-corrected chi connectivity index (χ4v) is 3.93. The monoisotopic (exact) mass is 293 g/mol. The van der Waals surface area contributed by atoms with Crippen LogP contribution in [0.25, 0.3) is 0 Å². The van der Waals surface area contributed by atoms with Gasteiger partial charge < -0.3 is 10.4 Å². The van der Waals surface area contributed by atoms with Crippen LogP contribution in [0.4, 0.5) is 0 Å². The molecule has 1 saturated carbocycles. The van der Waals surface area contributed by atoms with Gasteiger partial charge in [-0.2, -0.15) is 5.10 Å². The molecule has 0 radical (unpaired) electrons. The first-order chi connectivity index (χ1) is 9.96. The van der Waals surface area contributed by atoms with Crippen LogP contribution in [-0.4, -0.2) is 33.4 Å². The lowest BCUT2D eigenvalue weighted by molar-refractivity contribution is -0.146. The van der Waals surface area contributed by atoms with Gasteiger partial charge in [0.2, 0.25) is 0 Å². The van der Waals surface area contributed by atoms with Crippen LogP contribution in [-0.2, 0) is 17.8 Å². The lowest BCUT2D eigenvalue weighted by Gasteiger charge is -2.31. The Morgan fingerprint density at radius 3 is 2.76 bits per heavy atom. The van der Waals surface area contributed by atoms with Gasteiger partial charge >= 0.3 is 5.97 Å². The molecule has 0 aliphatic heterocycles. The van der Waals surface area contributed by atoms with Crippen LogP contribution < -0.4 is 5.32 Å². The van der Waals surface area contributed by atoms with Crippen molar-refractivity contribution in [3.63, 3.8) is 0 Å². The van der Waals surface area contributed by atoms with E-state index in [0.717, 1.165) is 44.3 Å². The molecule has 1 aliphatic carbocycles. The van der Waals surface area contributed by atoms with E-state index in [4.69, 9.17) is 0 Å². The Morgan fingerprint density at radius 2 is 2.24 bits per heavy atom. The standard InChI is InChI=1S/C16H27N3O2/c1-5-14-11(2)18-19(12(14)3)10-8-13-7-6-9-16(13,17-4)15(20)21/h13,17H,5-10H2,1-4H3,(H,20,21). The van der Waals surface area contributed by atoms with Crippen molar-refractivity contribution >= 4 is 5.97 Å². The van der Waals surface area contributed by atoms with Gasteiger partial charge in [0.25, 0.3) is 0 Å². The highest BCUT2D eigenvalue weighted by atomic mass is 16.4. The van der Waals surface area contributed by atoms with Crippen molar-refractivity contribution in [2.45, 2.75) is 65.0 Å². The van der Waals surface area contributed by atoms with Gasteiger partial charge in [0, 0.05) is 12.2 Å². The molecule has 2 atom stereocenters. The maximum Gasteiger partial charge on any atom is 0.324 e. The number of nitrogens with one attached hydrogen (secondary N) is 1. The third-order valence-corrected chi connectivity index (χ3v) is 5.22. The number of hydrogen-bond acceptors (Lipinski definition) is 3. The Kier molecular flexibility index (Phi) is 4.71. The normalized spacial score (nSPS) is 25.4. The van der Waals surface area contributed by atoms with Crippen LogP contribution in [0.15, 0.2) is 0 Å². The van der Waals surface area contributed by atoms with Gasteiger partial charge in [-0.25, -0.2) is 0 Å². The Morgan fingerprint density at radius 1 is 1.52 bits per heavy atom. The second-order valence-corrected chi connectivity index (χ2v) is 6.13. The second kappa shape index (κ2) is 6.18. The number of rotatable bonds is 6. The van der Waals surface area contributed by atoms with Crippen molar-refractivity contribution in [3.05, 3.63) is 17.0 Å². The maximum absolute atomic E-state index is 11.7. The van der Waals surface area contributed by atoms with E-state index in [1.54, 1.807) is 7.05 Å². The molecule has 5 nitrogen and oxygen atoms in total. The SMILES string of the molecule is CCc1c(C)nn(CCC2CCCC2(NC)C(=O)O)c1C. The number of likely N-dealkylation sites (N-methyl/N-ethyl adjacent to an activating group) is 1. The summed E-state index contributed by atoms with van der Waals surface area (Å²) >= 11 is 0. The summed E-state index contributed by atoms with van der Waals surface area (Å²) in [6.45, 7) is 7.10. The largest absolute Gasteiger partial charge is 0.480 e. The fraction of sp³-hybridized carbons (Fsp3) is 0.750. The van der Waals surface area contributed by atoms with Crippen LogP contribution in [0.2, 0.25) is 0 Å². The van der Waals surface area contributed by atoms with E-state index in [2.05, 4.69) is 28.9 Å². The highest BCUT2D eigenvalue weighted by molar-refractivity contribution is 5.79. The molecule has 0 spiro atoms. The molecule has 0 saturated heterocycles. The van der Waals surface area contributed by atoms with Gasteiger partial charge in [-0.3, -0.25) is 9.48 Å². The minimum Gasteiger partial charge on any atom is -0.480 e. The first-order valence-electron chi connectivity index (χ1n) is 7.91. The highest BCUT2D eigenvalue weighted by Crippen LogP contribution is 2.38. The van der Waals surface area contributed by atoms with Gasteiger partial charge in [0.1, 0.15) is 5.54 Å². The first-order valence-corrected chi connectivity index (χ1v) is 7.91. The second-order valence-electron chi connectivity index (χ2n) is 6.13. The summed E-state index contributed by atoms with van der Waals surface area (Å²) in [7, 11) is 1.77. The van der Waals surface area contributed by atoms with Gasteiger partial charge in [0.15, 0.2) is 0 Å². The number of aliphatic carboxylic acids is 1. The van der Waals surface area contributed by atoms with E-state index < -0.39 is 11.5 Å². The molecule has 0 bridgehead atoms. The Hall–Kier alpha value is -1.36. The number of nitrogens with zero attached hydrogens (tertiary/aromatic N) is 2. The molecule has 1 fully saturated rings. The molecule has 2 N–H and O–H groups in total. The molecular formula is C16H27N3O2. The summed E-state index contributed by atoms with van der Waals surface area (Å²) in [6, 6.07) is 0. The molecular weight excluding hydrogens is 266 g/mol. The van der Waals surface area contributed by atoms with E-state index in [1.807, 2.05) is 6.92 Å². The predicted octanol–water partition coefficient (Wildman–Crippen LogP) is 2.30. The molecule has 0 amide bonds. The van der Waals surface area contributed by atoms with Gasteiger partial charge in [-0.1, -0.05) is 13.3 Å². The topological polar surface area (TPSA) is 67.2 Å². The van der Waals surface area contributed by atoms with Crippen molar-refractivity contribution in [1.82, 2.24) is 15.1 Å². The van der Waals surface area contributed by atoms with Crippen LogP contribution in [0.3, 0.4) is 0 Å². The van der Waals surface area contributed by atoms with Crippen molar-refractivity contribution in [1.29, 1.82) is 0 Å². The molecule has 5 heteroatoms. The van der Waals surface area contributed by atoms with E-state index in [-0.39, 0.29) is 5.92 Å². The summed E-state index contributed by atoms with van der Waals surface area (Å²) in [5, 5.41) is 17.3. The number of carboxylic acid groups (broad SMARTS) is 1. The van der Waals surface area contributed by atoms with Crippen LogP contribution in [0, 0.1) is 19.8 Å². The zero-order chi connectivity index (χ0) is 15.6. The predicted molar refractivity (Wildman–Crippen MR) is 82.5 cm³/mol. The van der Waals surface area contributed by atoms with E-state index in [1.165, 1.54) is 11.3 Å². The summed E-state index contributed by atoms with van der Waals surface area (Å²) in [5.41, 5.74) is 2.89. The van der Waals surface area contributed by atoms with Crippen molar-refractivity contribution in [3.8, 4) is 0 Å².